The zero-order chi connectivity index (χ0) is 76.2. The lowest BCUT2D eigenvalue weighted by Crippen LogP contribution is -2.30. The lowest BCUT2D eigenvalue weighted by molar-refractivity contribution is -0.161. The molecule has 0 aliphatic heterocycles. The van der Waals surface area contributed by atoms with Crippen LogP contribution < -0.4 is 0 Å². The van der Waals surface area contributed by atoms with Crippen LogP contribution in [0.15, 0.2) is 0 Å². The van der Waals surface area contributed by atoms with Gasteiger partial charge in [0.2, 0.25) is 0 Å². The molecule has 0 spiro atoms. The van der Waals surface area contributed by atoms with Gasteiger partial charge in [0.05, 0.1) is 26.4 Å². The third kappa shape index (κ3) is 78.2. The summed E-state index contributed by atoms with van der Waals surface area (Å²) in [5.74, 6) is -1.29. The minimum atomic E-state index is -4.96. The second kappa shape index (κ2) is 77.8. The molecule has 0 radical (unpaired) electrons. The molecule has 0 fully saturated rings. The first-order valence-electron chi connectivity index (χ1n) is 44.1. The summed E-state index contributed by atoms with van der Waals surface area (Å²) in [7, 11) is -9.92. The summed E-state index contributed by atoms with van der Waals surface area (Å²) in [5, 5.41) is 10.7. The van der Waals surface area contributed by atoms with Crippen molar-refractivity contribution in [1.82, 2.24) is 0 Å². The maximum atomic E-state index is 13.1. The monoisotopic (exact) mass is 1520 g/mol. The molecule has 0 aromatic rings. The van der Waals surface area contributed by atoms with E-state index >= 15 is 0 Å². The summed E-state index contributed by atoms with van der Waals surface area (Å²) in [5.41, 5.74) is 0. The van der Waals surface area contributed by atoms with Crippen LogP contribution in [0, 0.1) is 5.92 Å². The molecule has 0 heterocycles. The van der Waals surface area contributed by atoms with Crippen LogP contribution in [0.25, 0.3) is 0 Å². The number of rotatable bonds is 85. The van der Waals surface area contributed by atoms with Crippen molar-refractivity contribution in [3.8, 4) is 0 Å². The molecule has 0 bridgehead atoms. The summed E-state index contributed by atoms with van der Waals surface area (Å²) in [6, 6.07) is 0. The fourth-order valence-electron chi connectivity index (χ4n) is 13.3. The minimum Gasteiger partial charge on any atom is -0.462 e. The average Bonchev–Trinajstić information content (AvgIpc) is 0.932. The Labute approximate surface area is 638 Å². The molecule has 0 aromatic heterocycles. The van der Waals surface area contributed by atoms with Gasteiger partial charge in [-0.2, -0.15) is 0 Å². The van der Waals surface area contributed by atoms with Gasteiger partial charge < -0.3 is 33.8 Å². The fourth-order valence-corrected chi connectivity index (χ4v) is 14.9. The Morgan fingerprint density at radius 2 is 0.442 bits per heavy atom. The van der Waals surface area contributed by atoms with Gasteiger partial charge >= 0.3 is 39.5 Å². The van der Waals surface area contributed by atoms with Crippen LogP contribution in [0.4, 0.5) is 0 Å². The SMILES string of the molecule is CCCCCCCCCCCCCCCCCCCCCCCC(=O)O[C@H](COC(=O)CCCCCCCCCCCCCCCCCCC(C)C)COP(=O)(O)OC[C@@H](O)COP(=O)(O)OC[C@@H](COC(=O)CCCCCCCCCCCC)OC(=O)CCCCCCCCCCCCCCCC. The van der Waals surface area contributed by atoms with Crippen molar-refractivity contribution in [2.24, 2.45) is 5.92 Å². The Balaban J connectivity index is 5.21. The first-order chi connectivity index (χ1) is 50.5. The van der Waals surface area contributed by atoms with E-state index in [4.69, 9.17) is 37.0 Å². The third-order valence-electron chi connectivity index (χ3n) is 20.0. The van der Waals surface area contributed by atoms with Gasteiger partial charge in [0, 0.05) is 25.7 Å². The highest BCUT2D eigenvalue weighted by atomic mass is 31.2. The largest absolute Gasteiger partial charge is 0.472 e. The number of hydrogen-bond donors (Lipinski definition) is 3. The lowest BCUT2D eigenvalue weighted by Gasteiger charge is -2.21. The number of phosphoric ester groups is 2. The standard InChI is InChI=1S/C85H166O17P2/c1-6-9-12-15-18-21-24-26-28-29-30-31-32-33-38-42-46-51-56-61-66-71-85(90)102-81(75-96-83(88)69-64-59-54-49-44-41-37-35-34-36-39-43-47-52-57-62-67-78(4)5)77-100-104(93,94)98-73-79(86)72-97-103(91,92)99-76-80(74-95-82(87)68-63-58-53-48-23-20-17-14-11-8-3)101-84(89)70-65-60-55-50-45-40-27-25-22-19-16-13-10-7-2/h78-81,86H,6-77H2,1-5H3,(H,91,92)(H,93,94)/t79-,80+,81+/m0/s1. The van der Waals surface area contributed by atoms with E-state index in [1.807, 2.05) is 0 Å². The van der Waals surface area contributed by atoms with Crippen molar-refractivity contribution in [2.75, 3.05) is 39.6 Å². The van der Waals surface area contributed by atoms with E-state index in [-0.39, 0.29) is 25.7 Å². The quantitative estimate of drug-likeness (QED) is 0.0222. The molecule has 104 heavy (non-hydrogen) atoms. The normalized spacial score (nSPS) is 13.8. The Hall–Kier alpha value is -1.94. The van der Waals surface area contributed by atoms with Gasteiger partial charge in [-0.3, -0.25) is 37.3 Å². The van der Waals surface area contributed by atoms with Crippen molar-refractivity contribution in [3.05, 3.63) is 0 Å². The first-order valence-corrected chi connectivity index (χ1v) is 47.1. The molecule has 0 saturated carbocycles. The van der Waals surface area contributed by atoms with Gasteiger partial charge in [0.25, 0.3) is 0 Å². The number of phosphoric acid groups is 2. The number of hydrogen-bond acceptors (Lipinski definition) is 15. The topological polar surface area (TPSA) is 237 Å². The number of esters is 4. The number of carbonyl (C=O) groups excluding carboxylic acids is 4. The Bertz CT molecular complexity index is 1980. The maximum absolute atomic E-state index is 13.1. The summed E-state index contributed by atoms with van der Waals surface area (Å²) < 4.78 is 68.8. The van der Waals surface area contributed by atoms with E-state index in [0.29, 0.717) is 25.7 Å². The highest BCUT2D eigenvalue weighted by Gasteiger charge is 2.30. The average molecular weight is 1520 g/mol. The van der Waals surface area contributed by atoms with Crippen LogP contribution in [0.3, 0.4) is 0 Å². The molecule has 19 heteroatoms. The Morgan fingerprint density at radius 1 is 0.260 bits per heavy atom. The smallest absolute Gasteiger partial charge is 0.462 e. The molecule has 5 atom stereocenters. The van der Waals surface area contributed by atoms with Crippen molar-refractivity contribution in [1.29, 1.82) is 0 Å². The molecule has 0 aliphatic rings. The number of carbonyl (C=O) groups is 4. The predicted octanol–water partition coefficient (Wildman–Crippen LogP) is 26.0. The van der Waals surface area contributed by atoms with Crippen molar-refractivity contribution in [3.63, 3.8) is 0 Å². The molecule has 0 rings (SSSR count). The van der Waals surface area contributed by atoms with Crippen LogP contribution in [-0.2, 0) is 65.4 Å². The Kier molecular flexibility index (Phi) is 76.3. The molecule has 17 nitrogen and oxygen atoms in total. The summed E-state index contributed by atoms with van der Waals surface area (Å²) in [4.78, 5) is 73.1. The lowest BCUT2D eigenvalue weighted by atomic mass is 10.0. The zero-order valence-corrected chi connectivity index (χ0v) is 70.0. The van der Waals surface area contributed by atoms with Crippen molar-refractivity contribution in [2.45, 2.75) is 477 Å². The summed E-state index contributed by atoms with van der Waals surface area (Å²) >= 11 is 0. The fraction of sp³-hybridized carbons (Fsp3) is 0.953. The van der Waals surface area contributed by atoms with Gasteiger partial charge in [0.1, 0.15) is 19.3 Å². The molecule has 3 N–H and O–H groups in total. The molecular formula is C85H166O17P2. The van der Waals surface area contributed by atoms with Crippen LogP contribution in [0.2, 0.25) is 0 Å². The molecule has 2 unspecified atom stereocenters. The van der Waals surface area contributed by atoms with Gasteiger partial charge in [-0.25, -0.2) is 9.13 Å². The van der Waals surface area contributed by atoms with Crippen LogP contribution in [0.1, 0.15) is 458 Å². The minimum absolute atomic E-state index is 0.109. The molecule has 618 valence electrons. The number of ether oxygens (including phenoxy) is 4. The highest BCUT2D eigenvalue weighted by Crippen LogP contribution is 2.45. The van der Waals surface area contributed by atoms with E-state index in [2.05, 4.69) is 34.6 Å². The number of aliphatic hydroxyl groups is 1. The van der Waals surface area contributed by atoms with E-state index in [1.165, 1.54) is 283 Å². The molecular weight excluding hydrogens is 1350 g/mol. The van der Waals surface area contributed by atoms with Crippen LogP contribution in [0.5, 0.6) is 0 Å². The zero-order valence-electron chi connectivity index (χ0n) is 68.2. The maximum Gasteiger partial charge on any atom is 0.472 e. The van der Waals surface area contributed by atoms with Gasteiger partial charge in [-0.15, -0.1) is 0 Å². The van der Waals surface area contributed by atoms with E-state index in [0.717, 1.165) is 95.8 Å². The van der Waals surface area contributed by atoms with Crippen molar-refractivity contribution >= 4 is 39.5 Å². The third-order valence-corrected chi connectivity index (χ3v) is 21.9. The van der Waals surface area contributed by atoms with Crippen LogP contribution >= 0.6 is 15.6 Å². The van der Waals surface area contributed by atoms with E-state index in [9.17, 15) is 43.2 Å². The second-order valence-electron chi connectivity index (χ2n) is 31.1. The van der Waals surface area contributed by atoms with E-state index < -0.39 is 97.5 Å². The summed E-state index contributed by atoms with van der Waals surface area (Å²) in [6.07, 6.45) is 70.8. The Morgan fingerprint density at radius 3 is 0.654 bits per heavy atom. The van der Waals surface area contributed by atoms with Crippen LogP contribution in [-0.4, -0.2) is 96.7 Å². The molecule has 0 aromatic carbocycles. The second-order valence-corrected chi connectivity index (χ2v) is 34.0. The molecule has 0 amide bonds. The molecule has 0 aliphatic carbocycles. The van der Waals surface area contributed by atoms with E-state index in [1.54, 1.807) is 0 Å². The van der Waals surface area contributed by atoms with Gasteiger partial charge in [0.15, 0.2) is 12.2 Å². The number of aliphatic hydroxyl groups excluding tert-OH is 1. The first kappa shape index (κ1) is 102. The molecule has 0 saturated heterocycles. The van der Waals surface area contributed by atoms with Gasteiger partial charge in [-0.05, 0) is 31.6 Å². The number of unbranched alkanes of at least 4 members (excludes halogenated alkanes) is 57. The summed E-state index contributed by atoms with van der Waals surface area (Å²) in [6.45, 7) is 7.38. The van der Waals surface area contributed by atoms with Gasteiger partial charge in [-0.1, -0.05) is 407 Å². The highest BCUT2D eigenvalue weighted by molar-refractivity contribution is 7.47. The van der Waals surface area contributed by atoms with Crippen molar-refractivity contribution < 1.29 is 80.2 Å². The predicted molar refractivity (Wildman–Crippen MR) is 428 cm³/mol.